The van der Waals surface area contributed by atoms with Crippen molar-refractivity contribution in [2.24, 2.45) is 0 Å². The van der Waals surface area contributed by atoms with Gasteiger partial charge >= 0.3 is 0 Å². The number of anilines is 4. The number of nitrogens with one attached hydrogen (secondary N) is 3. The van der Waals surface area contributed by atoms with E-state index in [1.54, 1.807) is 24.3 Å². The van der Waals surface area contributed by atoms with Gasteiger partial charge in [0.15, 0.2) is 0 Å². The first kappa shape index (κ1) is 17.1. The summed E-state index contributed by atoms with van der Waals surface area (Å²) in [5.41, 5.74) is 2.34. The standard InChI is InChI=1S/C19H17N5O2/c1-13(25)22-15-7-9-16(10-8-15)24-19(26)17-11-21-18(12-20-17)23-14-5-3-2-4-6-14/h2-12H,1H3,(H,21,23)(H,22,25)(H,24,26). The van der Waals surface area contributed by atoms with Crippen molar-refractivity contribution in [2.45, 2.75) is 6.92 Å². The van der Waals surface area contributed by atoms with Crippen molar-refractivity contribution in [3.8, 4) is 0 Å². The molecule has 3 N–H and O–H groups in total. The largest absolute Gasteiger partial charge is 0.339 e. The first-order valence-corrected chi connectivity index (χ1v) is 7.93. The summed E-state index contributed by atoms with van der Waals surface area (Å²) in [5, 5.41) is 8.50. The molecule has 0 radical (unpaired) electrons. The molecule has 0 aliphatic rings. The fourth-order valence-corrected chi connectivity index (χ4v) is 2.21. The van der Waals surface area contributed by atoms with E-state index in [0.29, 0.717) is 17.2 Å². The maximum Gasteiger partial charge on any atom is 0.275 e. The predicted molar refractivity (Wildman–Crippen MR) is 100 cm³/mol. The van der Waals surface area contributed by atoms with Gasteiger partial charge < -0.3 is 16.0 Å². The molecule has 130 valence electrons. The molecular formula is C19H17N5O2. The van der Waals surface area contributed by atoms with Gasteiger partial charge in [-0.1, -0.05) is 18.2 Å². The summed E-state index contributed by atoms with van der Waals surface area (Å²) < 4.78 is 0. The highest BCUT2D eigenvalue weighted by Gasteiger charge is 2.09. The van der Waals surface area contributed by atoms with Crippen molar-refractivity contribution in [3.05, 3.63) is 72.7 Å². The Morgan fingerprint density at radius 1 is 0.769 bits per heavy atom. The fraction of sp³-hybridized carbons (Fsp3) is 0.0526. The van der Waals surface area contributed by atoms with Crippen LogP contribution in [0.2, 0.25) is 0 Å². The SMILES string of the molecule is CC(=O)Nc1ccc(NC(=O)c2cnc(Nc3ccccc3)cn2)cc1. The lowest BCUT2D eigenvalue weighted by Crippen LogP contribution is -2.14. The van der Waals surface area contributed by atoms with Crippen LogP contribution in [0.1, 0.15) is 17.4 Å². The second-order valence-corrected chi connectivity index (χ2v) is 5.49. The summed E-state index contributed by atoms with van der Waals surface area (Å²) in [4.78, 5) is 31.6. The smallest absolute Gasteiger partial charge is 0.275 e. The lowest BCUT2D eigenvalue weighted by Gasteiger charge is -2.08. The Balaban J connectivity index is 1.62. The lowest BCUT2D eigenvalue weighted by molar-refractivity contribution is -0.114. The van der Waals surface area contributed by atoms with Crippen LogP contribution in [0.15, 0.2) is 67.0 Å². The second-order valence-electron chi connectivity index (χ2n) is 5.49. The van der Waals surface area contributed by atoms with Gasteiger partial charge in [0, 0.05) is 24.0 Å². The number of rotatable bonds is 5. The molecule has 0 aliphatic carbocycles. The first-order chi connectivity index (χ1) is 12.6. The van der Waals surface area contributed by atoms with E-state index in [1.807, 2.05) is 30.3 Å². The molecule has 2 aromatic carbocycles. The van der Waals surface area contributed by atoms with E-state index in [1.165, 1.54) is 19.3 Å². The number of nitrogens with zero attached hydrogens (tertiary/aromatic N) is 2. The fourth-order valence-electron chi connectivity index (χ4n) is 2.21. The van der Waals surface area contributed by atoms with Crippen LogP contribution in [-0.4, -0.2) is 21.8 Å². The maximum absolute atomic E-state index is 12.2. The Morgan fingerprint density at radius 2 is 1.42 bits per heavy atom. The van der Waals surface area contributed by atoms with Gasteiger partial charge in [0.25, 0.3) is 5.91 Å². The van der Waals surface area contributed by atoms with Crippen LogP contribution < -0.4 is 16.0 Å². The Labute approximate surface area is 150 Å². The minimum atomic E-state index is -0.365. The molecule has 0 saturated heterocycles. The molecule has 0 spiro atoms. The van der Waals surface area contributed by atoms with Crippen LogP contribution in [0.4, 0.5) is 22.9 Å². The van der Waals surface area contributed by atoms with E-state index in [0.717, 1.165) is 5.69 Å². The zero-order chi connectivity index (χ0) is 18.4. The summed E-state index contributed by atoms with van der Waals surface area (Å²) >= 11 is 0. The molecule has 0 unspecified atom stereocenters. The van der Waals surface area contributed by atoms with Crippen LogP contribution >= 0.6 is 0 Å². The third kappa shape index (κ3) is 4.64. The number of carbonyl (C=O) groups excluding carboxylic acids is 2. The predicted octanol–water partition coefficient (Wildman–Crippen LogP) is 3.43. The highest BCUT2D eigenvalue weighted by atomic mass is 16.2. The number of carbonyl (C=O) groups is 2. The van der Waals surface area contributed by atoms with Crippen LogP contribution in [0.25, 0.3) is 0 Å². The van der Waals surface area contributed by atoms with Gasteiger partial charge in [0.05, 0.1) is 12.4 Å². The van der Waals surface area contributed by atoms with Crippen molar-refractivity contribution in [1.82, 2.24) is 9.97 Å². The second kappa shape index (κ2) is 7.89. The van der Waals surface area contributed by atoms with Crippen molar-refractivity contribution in [2.75, 3.05) is 16.0 Å². The summed E-state index contributed by atoms with van der Waals surface area (Å²) in [6, 6.07) is 16.4. The van der Waals surface area contributed by atoms with Gasteiger partial charge in [-0.05, 0) is 36.4 Å². The first-order valence-electron chi connectivity index (χ1n) is 7.93. The van der Waals surface area contributed by atoms with E-state index in [2.05, 4.69) is 25.9 Å². The van der Waals surface area contributed by atoms with E-state index in [4.69, 9.17) is 0 Å². The molecule has 0 fully saturated rings. The quantitative estimate of drug-likeness (QED) is 0.657. The van der Waals surface area contributed by atoms with Gasteiger partial charge in [0.2, 0.25) is 5.91 Å². The molecule has 7 nitrogen and oxygen atoms in total. The van der Waals surface area contributed by atoms with E-state index < -0.39 is 0 Å². The summed E-state index contributed by atoms with van der Waals surface area (Å²) in [6.45, 7) is 1.44. The molecule has 0 atom stereocenters. The lowest BCUT2D eigenvalue weighted by atomic mass is 10.2. The van der Waals surface area contributed by atoms with E-state index in [9.17, 15) is 9.59 Å². The van der Waals surface area contributed by atoms with Crippen LogP contribution in [0.5, 0.6) is 0 Å². The zero-order valence-electron chi connectivity index (χ0n) is 14.1. The molecular weight excluding hydrogens is 330 g/mol. The Bertz CT molecular complexity index is 893. The monoisotopic (exact) mass is 347 g/mol. The highest BCUT2D eigenvalue weighted by Crippen LogP contribution is 2.15. The van der Waals surface area contributed by atoms with Crippen molar-refractivity contribution >= 4 is 34.7 Å². The summed E-state index contributed by atoms with van der Waals surface area (Å²) in [6.07, 6.45) is 2.91. The highest BCUT2D eigenvalue weighted by molar-refractivity contribution is 6.02. The minimum Gasteiger partial charge on any atom is -0.339 e. The third-order valence-corrected chi connectivity index (χ3v) is 3.39. The van der Waals surface area contributed by atoms with Crippen molar-refractivity contribution < 1.29 is 9.59 Å². The van der Waals surface area contributed by atoms with Crippen LogP contribution in [0, 0.1) is 0 Å². The molecule has 3 aromatic rings. The number of hydrogen-bond acceptors (Lipinski definition) is 5. The molecule has 0 saturated carbocycles. The third-order valence-electron chi connectivity index (χ3n) is 3.39. The topological polar surface area (TPSA) is 96.0 Å². The number of amides is 2. The molecule has 3 rings (SSSR count). The van der Waals surface area contributed by atoms with Gasteiger partial charge in [-0.15, -0.1) is 0 Å². The van der Waals surface area contributed by atoms with Crippen molar-refractivity contribution in [3.63, 3.8) is 0 Å². The zero-order valence-corrected chi connectivity index (χ0v) is 14.1. The van der Waals surface area contributed by atoms with Crippen LogP contribution in [0.3, 0.4) is 0 Å². The molecule has 0 bridgehead atoms. The Hall–Kier alpha value is -3.74. The number of hydrogen-bond donors (Lipinski definition) is 3. The number of benzene rings is 2. The molecule has 1 heterocycles. The van der Waals surface area contributed by atoms with Crippen LogP contribution in [-0.2, 0) is 4.79 Å². The van der Waals surface area contributed by atoms with Gasteiger partial charge in [-0.3, -0.25) is 9.59 Å². The number of aromatic nitrogens is 2. The number of para-hydroxylation sites is 1. The normalized spacial score (nSPS) is 10.0. The minimum absolute atomic E-state index is 0.152. The molecule has 0 aliphatic heterocycles. The van der Waals surface area contributed by atoms with E-state index in [-0.39, 0.29) is 17.5 Å². The van der Waals surface area contributed by atoms with Crippen molar-refractivity contribution in [1.29, 1.82) is 0 Å². The maximum atomic E-state index is 12.2. The Kier molecular flexibility index (Phi) is 5.19. The summed E-state index contributed by atoms with van der Waals surface area (Å²) in [7, 11) is 0. The van der Waals surface area contributed by atoms with Gasteiger partial charge in [-0.25, -0.2) is 9.97 Å². The van der Waals surface area contributed by atoms with Gasteiger partial charge in [0.1, 0.15) is 11.5 Å². The molecule has 7 heteroatoms. The Morgan fingerprint density at radius 3 is 2.00 bits per heavy atom. The molecule has 26 heavy (non-hydrogen) atoms. The average Bonchev–Trinajstić information content (AvgIpc) is 2.64. The van der Waals surface area contributed by atoms with E-state index >= 15 is 0 Å². The molecule has 1 aromatic heterocycles. The van der Waals surface area contributed by atoms with Gasteiger partial charge in [-0.2, -0.15) is 0 Å². The summed E-state index contributed by atoms with van der Waals surface area (Å²) in [5.74, 6) is 0.0321. The molecule has 2 amide bonds. The average molecular weight is 347 g/mol.